The van der Waals surface area contributed by atoms with Crippen LogP contribution >= 0.6 is 0 Å². The van der Waals surface area contributed by atoms with Crippen LogP contribution in [0, 0.1) is 11.3 Å². The summed E-state index contributed by atoms with van der Waals surface area (Å²) in [5.41, 5.74) is 3.88. The van der Waals surface area contributed by atoms with Gasteiger partial charge in [-0.2, -0.15) is 0 Å². The fourth-order valence-electron chi connectivity index (χ4n) is 5.33. The lowest BCUT2D eigenvalue weighted by Gasteiger charge is -2.49. The molecule has 3 nitrogen and oxygen atoms in total. The largest absolute Gasteiger partial charge is 0.497 e. The summed E-state index contributed by atoms with van der Waals surface area (Å²) in [6.45, 7) is 4.74. The lowest BCUT2D eigenvalue weighted by Crippen LogP contribution is -2.38. The van der Waals surface area contributed by atoms with Crippen LogP contribution in [0.5, 0.6) is 11.5 Å². The normalized spacial score (nSPS) is 28.8. The van der Waals surface area contributed by atoms with Crippen LogP contribution < -0.4 is 9.47 Å². The summed E-state index contributed by atoms with van der Waals surface area (Å²) in [4.78, 5) is 0. The van der Waals surface area contributed by atoms with Crippen molar-refractivity contribution in [2.75, 3.05) is 14.2 Å². The van der Waals surface area contributed by atoms with Crippen LogP contribution in [0.2, 0.25) is 0 Å². The van der Waals surface area contributed by atoms with E-state index in [1.165, 1.54) is 17.5 Å². The van der Waals surface area contributed by atoms with Gasteiger partial charge in [0.2, 0.25) is 0 Å². The summed E-state index contributed by atoms with van der Waals surface area (Å²) in [5.74, 6) is 2.76. The van der Waals surface area contributed by atoms with Crippen LogP contribution in [0.1, 0.15) is 67.7 Å². The highest BCUT2D eigenvalue weighted by Crippen LogP contribution is 2.59. The number of methoxy groups -OCH3 is 2. The highest BCUT2D eigenvalue weighted by Gasteiger charge is 2.47. The molecule has 27 heavy (non-hydrogen) atoms. The van der Waals surface area contributed by atoms with Crippen molar-refractivity contribution in [3.8, 4) is 11.5 Å². The number of fused-ring (bicyclic) bond motifs is 3. The minimum atomic E-state index is -0.484. The average Bonchev–Trinajstić information content (AvgIpc) is 2.68. The molecule has 3 heteroatoms. The molecule has 0 aliphatic heterocycles. The van der Waals surface area contributed by atoms with Crippen molar-refractivity contribution in [2.24, 2.45) is 11.3 Å². The van der Waals surface area contributed by atoms with E-state index in [4.69, 9.17) is 9.47 Å². The van der Waals surface area contributed by atoms with Gasteiger partial charge in [0.15, 0.2) is 0 Å². The first-order valence-electron chi connectivity index (χ1n) is 9.93. The Kier molecular flexibility index (Phi) is 4.67. The summed E-state index contributed by atoms with van der Waals surface area (Å²) < 4.78 is 10.8. The van der Waals surface area contributed by atoms with Crippen molar-refractivity contribution < 1.29 is 14.6 Å². The van der Waals surface area contributed by atoms with E-state index >= 15 is 0 Å². The summed E-state index contributed by atoms with van der Waals surface area (Å²) in [6.07, 6.45) is 3.01. The van der Waals surface area contributed by atoms with Crippen LogP contribution in [-0.2, 0) is 0 Å². The van der Waals surface area contributed by atoms with E-state index in [0.29, 0.717) is 17.3 Å². The SMILES string of the molecule is COc1ccc(C2C(O)c3ccc(OC)cc3C3CC(C)(C)CCC32)cc1. The number of aliphatic hydroxyl groups is 1. The van der Waals surface area contributed by atoms with Gasteiger partial charge in [0.1, 0.15) is 11.5 Å². The van der Waals surface area contributed by atoms with Gasteiger partial charge in [-0.25, -0.2) is 0 Å². The summed E-state index contributed by atoms with van der Waals surface area (Å²) in [6, 6.07) is 14.5. The molecule has 4 atom stereocenters. The van der Waals surface area contributed by atoms with E-state index in [0.717, 1.165) is 29.9 Å². The minimum absolute atomic E-state index is 0.123. The fraction of sp³-hybridized carbons (Fsp3) is 0.500. The van der Waals surface area contributed by atoms with Crippen LogP contribution in [0.25, 0.3) is 0 Å². The highest BCUT2D eigenvalue weighted by molar-refractivity contribution is 5.45. The van der Waals surface area contributed by atoms with Gasteiger partial charge >= 0.3 is 0 Å². The van der Waals surface area contributed by atoms with Crippen molar-refractivity contribution in [2.45, 2.75) is 51.0 Å². The molecule has 4 rings (SSSR count). The average molecular weight is 367 g/mol. The predicted octanol–water partition coefficient (Wildman–Crippen LogP) is 5.44. The zero-order valence-electron chi connectivity index (χ0n) is 16.7. The molecule has 1 saturated carbocycles. The third kappa shape index (κ3) is 3.23. The van der Waals surface area contributed by atoms with Crippen LogP contribution in [0.15, 0.2) is 42.5 Å². The Morgan fingerprint density at radius 2 is 1.59 bits per heavy atom. The zero-order valence-corrected chi connectivity index (χ0v) is 16.7. The molecule has 2 aromatic rings. The second-order valence-electron chi connectivity index (χ2n) is 8.92. The molecule has 0 bridgehead atoms. The second-order valence-corrected chi connectivity index (χ2v) is 8.92. The molecular weight excluding hydrogens is 336 g/mol. The van der Waals surface area contributed by atoms with E-state index in [2.05, 4.69) is 38.1 Å². The second kappa shape index (κ2) is 6.87. The molecule has 0 aromatic heterocycles. The topological polar surface area (TPSA) is 38.7 Å². The first-order valence-corrected chi connectivity index (χ1v) is 9.93. The number of benzene rings is 2. The Labute approximate surface area is 162 Å². The number of ether oxygens (including phenoxy) is 2. The molecule has 1 fully saturated rings. The van der Waals surface area contributed by atoms with Gasteiger partial charge in [0.05, 0.1) is 20.3 Å². The van der Waals surface area contributed by atoms with Crippen molar-refractivity contribution >= 4 is 0 Å². The molecule has 2 aliphatic carbocycles. The number of aliphatic hydroxyl groups excluding tert-OH is 1. The maximum absolute atomic E-state index is 11.4. The van der Waals surface area contributed by atoms with Crippen LogP contribution in [0.4, 0.5) is 0 Å². The Morgan fingerprint density at radius 1 is 0.926 bits per heavy atom. The molecule has 0 heterocycles. The van der Waals surface area contributed by atoms with Gasteiger partial charge in [0.25, 0.3) is 0 Å². The molecule has 0 spiro atoms. The van der Waals surface area contributed by atoms with E-state index in [1.807, 2.05) is 18.2 Å². The van der Waals surface area contributed by atoms with E-state index in [-0.39, 0.29) is 5.92 Å². The molecule has 0 amide bonds. The van der Waals surface area contributed by atoms with Gasteiger partial charge < -0.3 is 14.6 Å². The van der Waals surface area contributed by atoms with Gasteiger partial charge in [-0.3, -0.25) is 0 Å². The molecule has 4 unspecified atom stereocenters. The van der Waals surface area contributed by atoms with Crippen LogP contribution in [-0.4, -0.2) is 19.3 Å². The van der Waals surface area contributed by atoms with Crippen molar-refractivity contribution in [1.82, 2.24) is 0 Å². The monoisotopic (exact) mass is 366 g/mol. The van der Waals surface area contributed by atoms with Gasteiger partial charge in [-0.1, -0.05) is 32.0 Å². The van der Waals surface area contributed by atoms with E-state index in [1.54, 1.807) is 14.2 Å². The molecule has 1 N–H and O–H groups in total. The lowest BCUT2D eigenvalue weighted by atomic mass is 9.56. The van der Waals surface area contributed by atoms with E-state index < -0.39 is 6.10 Å². The van der Waals surface area contributed by atoms with Crippen molar-refractivity contribution in [3.05, 3.63) is 59.2 Å². The smallest absolute Gasteiger partial charge is 0.119 e. The minimum Gasteiger partial charge on any atom is -0.497 e. The predicted molar refractivity (Wildman–Crippen MR) is 108 cm³/mol. The van der Waals surface area contributed by atoms with Gasteiger partial charge in [0, 0.05) is 5.92 Å². The van der Waals surface area contributed by atoms with Gasteiger partial charge in [-0.15, -0.1) is 0 Å². The molecule has 0 saturated heterocycles. The summed E-state index contributed by atoms with van der Waals surface area (Å²) >= 11 is 0. The summed E-state index contributed by atoms with van der Waals surface area (Å²) in [7, 11) is 3.40. The van der Waals surface area contributed by atoms with Crippen LogP contribution in [0.3, 0.4) is 0 Å². The third-order valence-corrected chi connectivity index (χ3v) is 6.76. The Bertz CT molecular complexity index is 809. The van der Waals surface area contributed by atoms with Crippen molar-refractivity contribution in [1.29, 1.82) is 0 Å². The highest BCUT2D eigenvalue weighted by atomic mass is 16.5. The quantitative estimate of drug-likeness (QED) is 0.785. The molecule has 0 radical (unpaired) electrons. The number of hydrogen-bond acceptors (Lipinski definition) is 3. The number of rotatable bonds is 3. The standard InChI is InChI=1S/C24H30O3/c1-24(2)12-11-18-21(14-24)20-13-17(27-4)9-10-19(20)23(25)22(18)15-5-7-16(26-3)8-6-15/h5-10,13,18,21-23,25H,11-12,14H2,1-4H3. The first kappa shape index (κ1) is 18.4. The zero-order chi connectivity index (χ0) is 19.2. The number of hydrogen-bond donors (Lipinski definition) is 1. The molecule has 144 valence electrons. The molecule has 2 aliphatic rings. The molecular formula is C24H30O3. The Hall–Kier alpha value is -2.00. The first-order chi connectivity index (χ1) is 12.9. The maximum Gasteiger partial charge on any atom is 0.119 e. The third-order valence-electron chi connectivity index (χ3n) is 6.76. The summed E-state index contributed by atoms with van der Waals surface area (Å²) in [5, 5.41) is 11.4. The Balaban J connectivity index is 1.81. The Morgan fingerprint density at radius 3 is 2.26 bits per heavy atom. The lowest BCUT2D eigenvalue weighted by molar-refractivity contribution is 0.0488. The fourth-order valence-corrected chi connectivity index (χ4v) is 5.33. The maximum atomic E-state index is 11.4. The van der Waals surface area contributed by atoms with Crippen molar-refractivity contribution in [3.63, 3.8) is 0 Å². The van der Waals surface area contributed by atoms with Gasteiger partial charge in [-0.05, 0) is 77.5 Å². The van der Waals surface area contributed by atoms with E-state index in [9.17, 15) is 5.11 Å². The molecule has 2 aromatic carbocycles.